The Morgan fingerprint density at radius 1 is 1.41 bits per heavy atom. The molecule has 0 aliphatic carbocycles. The van der Waals surface area contributed by atoms with Crippen molar-refractivity contribution in [2.75, 3.05) is 11.9 Å². The number of anilines is 1. The smallest absolute Gasteiger partial charge is 0.103 e. The molecule has 2 aromatic rings. The highest BCUT2D eigenvalue weighted by molar-refractivity contribution is 9.10. The predicted molar refractivity (Wildman–Crippen MR) is 69.7 cm³/mol. The van der Waals surface area contributed by atoms with Gasteiger partial charge in [0.1, 0.15) is 6.07 Å². The van der Waals surface area contributed by atoms with Crippen molar-refractivity contribution in [1.29, 1.82) is 5.26 Å². The number of benzene rings is 1. The van der Waals surface area contributed by atoms with Crippen LogP contribution in [0.5, 0.6) is 0 Å². The van der Waals surface area contributed by atoms with Gasteiger partial charge in [0.05, 0.1) is 23.8 Å². The summed E-state index contributed by atoms with van der Waals surface area (Å²) in [6, 6.07) is 9.86. The van der Waals surface area contributed by atoms with Crippen LogP contribution >= 0.6 is 15.9 Å². The average molecular weight is 291 g/mol. The summed E-state index contributed by atoms with van der Waals surface area (Å²) >= 11 is 3.39. The summed E-state index contributed by atoms with van der Waals surface area (Å²) in [5, 5.41) is 9.15. The molecule has 1 aromatic carbocycles. The Morgan fingerprint density at radius 2 is 2.24 bits per heavy atom. The van der Waals surface area contributed by atoms with E-state index >= 15 is 0 Å². The lowest BCUT2D eigenvalue weighted by Crippen LogP contribution is -2.17. The second-order valence-corrected chi connectivity index (χ2v) is 4.59. The van der Waals surface area contributed by atoms with Crippen LogP contribution < -0.4 is 4.90 Å². The SMILES string of the molecule is CN(Cc1ccoc1)c1cccc(Br)c1C#N. The third-order valence-electron chi connectivity index (χ3n) is 2.51. The maximum atomic E-state index is 9.15. The van der Waals surface area contributed by atoms with Gasteiger partial charge in [0, 0.05) is 23.6 Å². The predicted octanol–water partition coefficient (Wildman–Crippen LogP) is 3.55. The van der Waals surface area contributed by atoms with Gasteiger partial charge in [-0.05, 0) is 34.1 Å². The van der Waals surface area contributed by atoms with Crippen molar-refractivity contribution in [2.24, 2.45) is 0 Å². The lowest BCUT2D eigenvalue weighted by molar-refractivity contribution is 0.563. The van der Waals surface area contributed by atoms with Gasteiger partial charge in [0.15, 0.2) is 0 Å². The molecule has 0 radical (unpaired) electrons. The number of hydrogen-bond donors (Lipinski definition) is 0. The Bertz CT molecular complexity index is 543. The second-order valence-electron chi connectivity index (χ2n) is 3.73. The van der Waals surface area contributed by atoms with Gasteiger partial charge in [-0.2, -0.15) is 5.26 Å². The Balaban J connectivity index is 2.28. The van der Waals surface area contributed by atoms with Crippen molar-refractivity contribution in [3.63, 3.8) is 0 Å². The van der Waals surface area contributed by atoms with E-state index in [-0.39, 0.29) is 0 Å². The summed E-state index contributed by atoms with van der Waals surface area (Å²) in [5.74, 6) is 0. The molecule has 0 saturated carbocycles. The van der Waals surface area contributed by atoms with Crippen molar-refractivity contribution in [3.8, 4) is 6.07 Å². The number of halogens is 1. The lowest BCUT2D eigenvalue weighted by Gasteiger charge is -2.20. The normalized spacial score (nSPS) is 9.94. The highest BCUT2D eigenvalue weighted by atomic mass is 79.9. The molecule has 3 nitrogen and oxygen atoms in total. The number of hydrogen-bond acceptors (Lipinski definition) is 3. The molecule has 0 amide bonds. The molecular formula is C13H11BrN2O. The molecule has 0 saturated heterocycles. The lowest BCUT2D eigenvalue weighted by atomic mass is 10.1. The maximum absolute atomic E-state index is 9.15. The molecule has 0 aliphatic rings. The number of furan rings is 1. The van der Waals surface area contributed by atoms with Gasteiger partial charge in [-0.25, -0.2) is 0 Å². The van der Waals surface area contributed by atoms with E-state index in [1.165, 1.54) is 0 Å². The first-order valence-corrected chi connectivity index (χ1v) is 5.92. The van der Waals surface area contributed by atoms with Crippen LogP contribution in [0.3, 0.4) is 0 Å². The third kappa shape index (κ3) is 2.51. The first-order valence-electron chi connectivity index (χ1n) is 5.13. The molecule has 0 fully saturated rings. The van der Waals surface area contributed by atoms with Gasteiger partial charge >= 0.3 is 0 Å². The van der Waals surface area contributed by atoms with Crippen molar-refractivity contribution in [2.45, 2.75) is 6.54 Å². The molecule has 0 spiro atoms. The fourth-order valence-corrected chi connectivity index (χ4v) is 2.13. The molecule has 0 unspecified atom stereocenters. The zero-order chi connectivity index (χ0) is 12.3. The van der Waals surface area contributed by atoms with Crippen LogP contribution in [0.25, 0.3) is 0 Å². The minimum Gasteiger partial charge on any atom is -0.472 e. The van der Waals surface area contributed by atoms with Crippen LogP contribution in [-0.4, -0.2) is 7.05 Å². The monoisotopic (exact) mass is 290 g/mol. The van der Waals surface area contributed by atoms with Gasteiger partial charge in [-0.1, -0.05) is 6.07 Å². The summed E-state index contributed by atoms with van der Waals surface area (Å²) < 4.78 is 5.85. The number of nitriles is 1. The summed E-state index contributed by atoms with van der Waals surface area (Å²) in [5.41, 5.74) is 2.64. The molecule has 0 N–H and O–H groups in total. The summed E-state index contributed by atoms with van der Waals surface area (Å²) in [6.45, 7) is 0.710. The molecule has 4 heteroatoms. The van der Waals surface area contributed by atoms with E-state index in [2.05, 4.69) is 22.0 Å². The van der Waals surface area contributed by atoms with Crippen molar-refractivity contribution in [3.05, 3.63) is 52.4 Å². The van der Waals surface area contributed by atoms with Crippen molar-refractivity contribution >= 4 is 21.6 Å². The van der Waals surface area contributed by atoms with Crippen molar-refractivity contribution < 1.29 is 4.42 Å². The van der Waals surface area contributed by atoms with Gasteiger partial charge in [0.25, 0.3) is 0 Å². The fourth-order valence-electron chi connectivity index (χ4n) is 1.68. The molecule has 2 rings (SSSR count). The molecule has 0 aliphatic heterocycles. The van der Waals surface area contributed by atoms with Crippen molar-refractivity contribution in [1.82, 2.24) is 0 Å². The van der Waals surface area contributed by atoms with E-state index in [1.54, 1.807) is 12.5 Å². The van der Waals surface area contributed by atoms with Gasteiger partial charge < -0.3 is 9.32 Å². The first-order chi connectivity index (χ1) is 8.22. The topological polar surface area (TPSA) is 40.2 Å². The average Bonchev–Trinajstić information content (AvgIpc) is 2.81. The molecule has 1 heterocycles. The van der Waals surface area contributed by atoms with Gasteiger partial charge in [-0.3, -0.25) is 0 Å². The summed E-state index contributed by atoms with van der Waals surface area (Å²) in [7, 11) is 1.95. The Morgan fingerprint density at radius 3 is 2.88 bits per heavy atom. The molecule has 86 valence electrons. The van der Waals surface area contributed by atoms with E-state index in [1.807, 2.05) is 36.2 Å². The molecule has 17 heavy (non-hydrogen) atoms. The minimum atomic E-state index is 0.651. The highest BCUT2D eigenvalue weighted by Gasteiger charge is 2.10. The van der Waals surface area contributed by atoms with Crippen LogP contribution in [0.4, 0.5) is 5.69 Å². The minimum absolute atomic E-state index is 0.651. The summed E-state index contributed by atoms with van der Waals surface area (Å²) in [4.78, 5) is 2.02. The maximum Gasteiger partial charge on any atom is 0.103 e. The van der Waals surface area contributed by atoms with Crippen LogP contribution in [0.2, 0.25) is 0 Å². The van der Waals surface area contributed by atoms with Gasteiger partial charge in [0.2, 0.25) is 0 Å². The Labute approximate surface area is 108 Å². The van der Waals surface area contributed by atoms with Crippen LogP contribution in [0.1, 0.15) is 11.1 Å². The summed E-state index contributed by atoms with van der Waals surface area (Å²) in [6.07, 6.45) is 3.36. The third-order valence-corrected chi connectivity index (χ3v) is 3.18. The van der Waals surface area contributed by atoms with Crippen LogP contribution in [-0.2, 0) is 6.54 Å². The van der Waals surface area contributed by atoms with Gasteiger partial charge in [-0.15, -0.1) is 0 Å². The zero-order valence-corrected chi connectivity index (χ0v) is 10.9. The Hall–Kier alpha value is -1.73. The van der Waals surface area contributed by atoms with E-state index < -0.39 is 0 Å². The Kier molecular flexibility index (Phi) is 3.50. The van der Waals surface area contributed by atoms with E-state index in [4.69, 9.17) is 9.68 Å². The number of nitrogens with zero attached hydrogens (tertiary/aromatic N) is 2. The molecular weight excluding hydrogens is 280 g/mol. The van der Waals surface area contributed by atoms with E-state index in [0.29, 0.717) is 12.1 Å². The highest BCUT2D eigenvalue weighted by Crippen LogP contribution is 2.27. The fraction of sp³-hybridized carbons (Fsp3) is 0.154. The quantitative estimate of drug-likeness (QED) is 0.868. The zero-order valence-electron chi connectivity index (χ0n) is 9.35. The largest absolute Gasteiger partial charge is 0.472 e. The van der Waals surface area contributed by atoms with E-state index in [0.717, 1.165) is 15.7 Å². The molecule has 0 bridgehead atoms. The van der Waals surface area contributed by atoms with Crippen LogP contribution in [0.15, 0.2) is 45.7 Å². The first kappa shape index (κ1) is 11.7. The standard InChI is InChI=1S/C13H11BrN2O/c1-16(8-10-5-6-17-9-10)13-4-2-3-12(14)11(13)7-15/h2-6,9H,8H2,1H3. The van der Waals surface area contributed by atoms with Crippen LogP contribution in [0, 0.1) is 11.3 Å². The van der Waals surface area contributed by atoms with E-state index in [9.17, 15) is 0 Å². The molecule has 1 aromatic heterocycles. The molecule has 0 atom stereocenters. The second kappa shape index (κ2) is 5.07. The number of rotatable bonds is 3.